The van der Waals surface area contributed by atoms with Crippen LogP contribution in [0.1, 0.15) is 20.3 Å². The van der Waals surface area contributed by atoms with Crippen molar-refractivity contribution in [2.45, 2.75) is 25.8 Å². The summed E-state index contributed by atoms with van der Waals surface area (Å²) < 4.78 is 0. The molecule has 0 spiro atoms. The maximum Gasteiger partial charge on any atom is 0.110 e. The van der Waals surface area contributed by atoms with E-state index in [1.807, 2.05) is 6.21 Å². The van der Waals surface area contributed by atoms with Crippen LogP contribution in [0.4, 0.5) is 0 Å². The lowest BCUT2D eigenvalue weighted by Gasteiger charge is -2.11. The lowest BCUT2D eigenvalue weighted by molar-refractivity contribution is 0.629. The molecule has 0 saturated carbocycles. The molecule has 0 aromatic rings. The molecule has 0 amide bonds. The second kappa shape index (κ2) is 1.69. The average Bonchev–Trinajstić information content (AvgIpc) is 2.17. The second-order valence-electron chi connectivity index (χ2n) is 2.23. The summed E-state index contributed by atoms with van der Waals surface area (Å²) in [5.74, 6) is 0. The highest BCUT2D eigenvalue weighted by molar-refractivity contribution is 5.85. The van der Waals surface area contributed by atoms with E-state index < -0.39 is 0 Å². The van der Waals surface area contributed by atoms with Crippen molar-refractivity contribution in [3.63, 3.8) is 0 Å². The van der Waals surface area contributed by atoms with Crippen LogP contribution >= 0.6 is 0 Å². The minimum Gasteiger partial charge on any atom is -0.261 e. The predicted octanol–water partition coefficient (Wildman–Crippen LogP) is 1.27. The Morgan fingerprint density at radius 2 is 2.38 bits per heavy atom. The summed E-state index contributed by atoms with van der Waals surface area (Å²) in [6.45, 7) is 4.18. The van der Waals surface area contributed by atoms with Gasteiger partial charge in [0.2, 0.25) is 0 Å². The molecule has 1 rings (SSSR count). The molecule has 2 nitrogen and oxygen atoms in total. The van der Waals surface area contributed by atoms with E-state index >= 15 is 0 Å². The molecule has 0 saturated heterocycles. The van der Waals surface area contributed by atoms with E-state index in [1.54, 1.807) is 6.34 Å². The van der Waals surface area contributed by atoms with E-state index in [2.05, 4.69) is 23.8 Å². The Labute approximate surface area is 49.3 Å². The first kappa shape index (κ1) is 5.48. The highest BCUT2D eigenvalue weighted by Crippen LogP contribution is 2.13. The molecule has 1 aliphatic rings. The third kappa shape index (κ3) is 0.782. The summed E-state index contributed by atoms with van der Waals surface area (Å²) >= 11 is 0. The lowest BCUT2D eigenvalue weighted by Crippen LogP contribution is -2.18. The quantitative estimate of drug-likeness (QED) is 0.485. The maximum atomic E-state index is 4.14. The molecule has 1 aliphatic heterocycles. The van der Waals surface area contributed by atoms with Crippen LogP contribution in [0.5, 0.6) is 0 Å². The van der Waals surface area contributed by atoms with E-state index in [0.29, 0.717) is 0 Å². The lowest BCUT2D eigenvalue weighted by atomic mass is 10.0. The molecule has 8 heavy (non-hydrogen) atoms. The monoisotopic (exact) mass is 110 g/mol. The van der Waals surface area contributed by atoms with Crippen molar-refractivity contribution in [2.24, 2.45) is 9.98 Å². The van der Waals surface area contributed by atoms with Gasteiger partial charge in [-0.1, -0.05) is 6.92 Å². The summed E-state index contributed by atoms with van der Waals surface area (Å²) in [7, 11) is 0. The summed E-state index contributed by atoms with van der Waals surface area (Å²) in [4.78, 5) is 8.03. The topological polar surface area (TPSA) is 24.7 Å². The van der Waals surface area contributed by atoms with Crippen LogP contribution in [0.2, 0.25) is 0 Å². The van der Waals surface area contributed by atoms with Crippen molar-refractivity contribution in [1.29, 1.82) is 0 Å². The fourth-order valence-corrected chi connectivity index (χ4v) is 0.575. The van der Waals surface area contributed by atoms with Crippen LogP contribution in [0.15, 0.2) is 9.98 Å². The van der Waals surface area contributed by atoms with Gasteiger partial charge < -0.3 is 0 Å². The summed E-state index contributed by atoms with van der Waals surface area (Å²) in [5, 5.41) is 0. The molecule has 0 N–H and O–H groups in total. The van der Waals surface area contributed by atoms with Crippen molar-refractivity contribution in [3.05, 3.63) is 0 Å². The molecule has 0 aromatic heterocycles. The van der Waals surface area contributed by atoms with Gasteiger partial charge in [0.25, 0.3) is 0 Å². The summed E-state index contributed by atoms with van der Waals surface area (Å²) in [5.41, 5.74) is 0.0139. The highest BCUT2D eigenvalue weighted by atomic mass is 15.0. The Balaban J connectivity index is 2.69. The maximum absolute atomic E-state index is 4.14. The van der Waals surface area contributed by atoms with Crippen LogP contribution in [0.3, 0.4) is 0 Å². The van der Waals surface area contributed by atoms with Gasteiger partial charge in [0.1, 0.15) is 6.34 Å². The van der Waals surface area contributed by atoms with Crippen LogP contribution in [0, 0.1) is 0 Å². The number of hydrogen-bond acceptors (Lipinski definition) is 2. The van der Waals surface area contributed by atoms with Crippen LogP contribution in [0.25, 0.3) is 0 Å². The zero-order valence-electron chi connectivity index (χ0n) is 5.26. The van der Waals surface area contributed by atoms with Gasteiger partial charge in [-0.25, -0.2) is 4.99 Å². The predicted molar refractivity (Wildman–Crippen MR) is 35.7 cm³/mol. The summed E-state index contributed by atoms with van der Waals surface area (Å²) in [6, 6.07) is 0. The minimum atomic E-state index is 0.0139. The summed E-state index contributed by atoms with van der Waals surface area (Å²) in [6.07, 6.45) is 4.53. The average molecular weight is 110 g/mol. The van der Waals surface area contributed by atoms with E-state index in [9.17, 15) is 0 Å². The fraction of sp³-hybridized carbons (Fsp3) is 0.667. The smallest absolute Gasteiger partial charge is 0.110 e. The first-order valence-electron chi connectivity index (χ1n) is 2.85. The molecule has 2 heteroatoms. The van der Waals surface area contributed by atoms with Gasteiger partial charge in [-0.2, -0.15) is 0 Å². The van der Waals surface area contributed by atoms with Crippen LogP contribution < -0.4 is 0 Å². The number of hydrogen-bond donors (Lipinski definition) is 0. The third-order valence-corrected chi connectivity index (χ3v) is 1.49. The van der Waals surface area contributed by atoms with E-state index in [1.165, 1.54) is 0 Å². The standard InChI is InChI=1S/C6H10N2/c1-3-6(2)4-7-5-8-6/h4-5H,3H2,1-2H3. The van der Waals surface area contributed by atoms with Crippen molar-refractivity contribution in [1.82, 2.24) is 0 Å². The van der Waals surface area contributed by atoms with Crippen molar-refractivity contribution in [2.75, 3.05) is 0 Å². The minimum absolute atomic E-state index is 0.0139. The number of nitrogens with zero attached hydrogens (tertiary/aromatic N) is 2. The third-order valence-electron chi connectivity index (χ3n) is 1.49. The number of aliphatic imine (C=N–C) groups is 2. The van der Waals surface area contributed by atoms with Crippen molar-refractivity contribution >= 4 is 12.6 Å². The zero-order valence-corrected chi connectivity index (χ0v) is 5.26. The number of rotatable bonds is 1. The van der Waals surface area contributed by atoms with Gasteiger partial charge >= 0.3 is 0 Å². The Hall–Kier alpha value is -0.660. The molecular formula is C6H10N2. The first-order valence-corrected chi connectivity index (χ1v) is 2.85. The molecule has 44 valence electrons. The van der Waals surface area contributed by atoms with Crippen molar-refractivity contribution < 1.29 is 0 Å². The van der Waals surface area contributed by atoms with Gasteiger partial charge in [-0.15, -0.1) is 0 Å². The largest absolute Gasteiger partial charge is 0.261 e. The van der Waals surface area contributed by atoms with Gasteiger partial charge in [-0.05, 0) is 13.3 Å². The molecule has 0 aromatic carbocycles. The molecule has 0 fully saturated rings. The molecular weight excluding hydrogens is 100 g/mol. The first-order chi connectivity index (χ1) is 3.77. The molecule has 0 bridgehead atoms. The Morgan fingerprint density at radius 1 is 1.62 bits per heavy atom. The molecule has 0 aliphatic carbocycles. The second-order valence-corrected chi connectivity index (χ2v) is 2.23. The van der Waals surface area contributed by atoms with Gasteiger partial charge in [-0.3, -0.25) is 4.99 Å². The SMILES string of the molecule is CCC1(C)C=NC=N1. The van der Waals surface area contributed by atoms with Crippen molar-refractivity contribution in [3.8, 4) is 0 Å². The van der Waals surface area contributed by atoms with Gasteiger partial charge in [0, 0.05) is 6.21 Å². The Bertz CT molecular complexity index is 123. The highest BCUT2D eigenvalue weighted by Gasteiger charge is 2.18. The fourth-order valence-electron chi connectivity index (χ4n) is 0.575. The Morgan fingerprint density at radius 3 is 2.62 bits per heavy atom. The van der Waals surface area contributed by atoms with E-state index in [0.717, 1.165) is 6.42 Å². The molecule has 1 unspecified atom stereocenters. The zero-order chi connectivity index (χ0) is 6.04. The molecule has 1 atom stereocenters. The van der Waals surface area contributed by atoms with Crippen LogP contribution in [-0.4, -0.2) is 18.1 Å². The normalized spacial score (nSPS) is 34.2. The van der Waals surface area contributed by atoms with E-state index in [-0.39, 0.29) is 5.54 Å². The van der Waals surface area contributed by atoms with E-state index in [4.69, 9.17) is 0 Å². The van der Waals surface area contributed by atoms with Gasteiger partial charge in [0.05, 0.1) is 5.54 Å². The van der Waals surface area contributed by atoms with Crippen LogP contribution in [-0.2, 0) is 0 Å². The van der Waals surface area contributed by atoms with Gasteiger partial charge in [0.15, 0.2) is 0 Å². The molecule has 0 radical (unpaired) electrons. The molecule has 1 heterocycles. The Kier molecular flexibility index (Phi) is 1.16.